The van der Waals surface area contributed by atoms with E-state index in [4.69, 9.17) is 4.74 Å². The Balaban J connectivity index is 1.94. The number of ether oxygens (including phenoxy) is 1. The van der Waals surface area contributed by atoms with Crippen LogP contribution in [0.2, 0.25) is 0 Å². The van der Waals surface area contributed by atoms with Gasteiger partial charge in [-0.15, -0.1) is 0 Å². The molecule has 0 radical (unpaired) electrons. The standard InChI is InChI=1S/C15H27N3O3/c1-10-5-6-18(13(19)7-10)12-9-16-8-11(12)17-14(20)21-15(2,3)4/h10-12,16H,5-9H2,1-4H3,(H,17,20). The van der Waals surface area contributed by atoms with Gasteiger partial charge in [-0.2, -0.15) is 0 Å². The van der Waals surface area contributed by atoms with Crippen LogP contribution in [0, 0.1) is 5.92 Å². The number of amides is 2. The van der Waals surface area contributed by atoms with E-state index in [1.807, 2.05) is 25.7 Å². The first-order valence-corrected chi connectivity index (χ1v) is 7.76. The molecule has 2 fully saturated rings. The number of carbonyl (C=O) groups excluding carboxylic acids is 2. The molecule has 2 aliphatic heterocycles. The van der Waals surface area contributed by atoms with Crippen LogP contribution in [-0.2, 0) is 9.53 Å². The molecule has 2 N–H and O–H groups in total. The molecule has 6 nitrogen and oxygen atoms in total. The molecule has 2 saturated heterocycles. The number of alkyl carbamates (subject to hydrolysis) is 1. The van der Waals surface area contributed by atoms with Crippen LogP contribution in [0.25, 0.3) is 0 Å². The quantitative estimate of drug-likeness (QED) is 0.801. The lowest BCUT2D eigenvalue weighted by Gasteiger charge is -2.37. The highest BCUT2D eigenvalue weighted by molar-refractivity contribution is 5.78. The van der Waals surface area contributed by atoms with Gasteiger partial charge in [0.2, 0.25) is 5.91 Å². The highest BCUT2D eigenvalue weighted by Crippen LogP contribution is 2.22. The second-order valence-corrected chi connectivity index (χ2v) is 7.16. The van der Waals surface area contributed by atoms with Crippen molar-refractivity contribution in [2.24, 2.45) is 5.92 Å². The zero-order valence-electron chi connectivity index (χ0n) is 13.4. The van der Waals surface area contributed by atoms with Crippen LogP contribution in [0.4, 0.5) is 4.79 Å². The molecule has 0 saturated carbocycles. The molecular weight excluding hydrogens is 270 g/mol. The van der Waals surface area contributed by atoms with Gasteiger partial charge in [-0.3, -0.25) is 4.79 Å². The Morgan fingerprint density at radius 2 is 2.10 bits per heavy atom. The fourth-order valence-electron chi connectivity index (χ4n) is 2.95. The summed E-state index contributed by atoms with van der Waals surface area (Å²) in [4.78, 5) is 26.0. The molecule has 0 bridgehead atoms. The normalized spacial score (nSPS) is 30.4. The minimum absolute atomic E-state index is 0.0255. The number of piperidine rings is 1. The van der Waals surface area contributed by atoms with E-state index in [1.54, 1.807) is 0 Å². The fraction of sp³-hybridized carbons (Fsp3) is 0.867. The molecule has 120 valence electrons. The second kappa shape index (κ2) is 6.22. The van der Waals surface area contributed by atoms with Crippen LogP contribution < -0.4 is 10.6 Å². The summed E-state index contributed by atoms with van der Waals surface area (Å²) in [5.41, 5.74) is -0.512. The Morgan fingerprint density at radius 3 is 2.71 bits per heavy atom. The Hall–Kier alpha value is -1.30. The molecule has 2 aliphatic rings. The van der Waals surface area contributed by atoms with Crippen molar-refractivity contribution in [2.45, 2.75) is 58.2 Å². The van der Waals surface area contributed by atoms with Crippen molar-refractivity contribution in [3.05, 3.63) is 0 Å². The summed E-state index contributed by atoms with van der Waals surface area (Å²) < 4.78 is 5.30. The van der Waals surface area contributed by atoms with Crippen molar-refractivity contribution in [3.8, 4) is 0 Å². The molecule has 2 rings (SSSR count). The van der Waals surface area contributed by atoms with Crippen molar-refractivity contribution in [1.29, 1.82) is 0 Å². The van der Waals surface area contributed by atoms with Crippen molar-refractivity contribution >= 4 is 12.0 Å². The zero-order chi connectivity index (χ0) is 15.6. The van der Waals surface area contributed by atoms with Gasteiger partial charge in [-0.25, -0.2) is 4.79 Å². The maximum Gasteiger partial charge on any atom is 0.407 e. The van der Waals surface area contributed by atoms with Gasteiger partial charge in [-0.1, -0.05) is 6.92 Å². The number of hydrogen-bond donors (Lipinski definition) is 2. The number of likely N-dealkylation sites (tertiary alicyclic amines) is 1. The Labute approximate surface area is 126 Å². The Bertz CT molecular complexity index is 405. The molecule has 0 aliphatic carbocycles. The Kier molecular flexibility index (Phi) is 4.76. The third-order valence-electron chi connectivity index (χ3n) is 3.99. The predicted octanol–water partition coefficient (Wildman–Crippen LogP) is 1.11. The fourth-order valence-corrected chi connectivity index (χ4v) is 2.95. The van der Waals surface area contributed by atoms with Crippen LogP contribution in [0.1, 0.15) is 40.5 Å². The third kappa shape index (κ3) is 4.33. The number of carbonyl (C=O) groups is 2. The second-order valence-electron chi connectivity index (χ2n) is 7.16. The largest absolute Gasteiger partial charge is 0.444 e. The van der Waals surface area contributed by atoms with Gasteiger partial charge in [0.15, 0.2) is 0 Å². The van der Waals surface area contributed by atoms with Crippen LogP contribution >= 0.6 is 0 Å². The van der Waals surface area contributed by atoms with Crippen molar-refractivity contribution in [3.63, 3.8) is 0 Å². The highest BCUT2D eigenvalue weighted by Gasteiger charge is 2.38. The average Bonchev–Trinajstić information content (AvgIpc) is 2.74. The number of nitrogens with one attached hydrogen (secondary N) is 2. The first-order valence-electron chi connectivity index (χ1n) is 7.76. The monoisotopic (exact) mass is 297 g/mol. The summed E-state index contributed by atoms with van der Waals surface area (Å²) in [5.74, 6) is 0.652. The number of nitrogens with zero attached hydrogens (tertiary/aromatic N) is 1. The summed E-state index contributed by atoms with van der Waals surface area (Å²) in [7, 11) is 0. The van der Waals surface area contributed by atoms with Gasteiger partial charge in [0.05, 0.1) is 12.1 Å². The summed E-state index contributed by atoms with van der Waals surface area (Å²) in [6.07, 6.45) is 1.22. The van der Waals surface area contributed by atoms with Gasteiger partial charge >= 0.3 is 6.09 Å². The molecule has 0 spiro atoms. The maximum atomic E-state index is 12.2. The smallest absolute Gasteiger partial charge is 0.407 e. The van der Waals surface area contributed by atoms with Crippen molar-refractivity contribution in [1.82, 2.24) is 15.5 Å². The third-order valence-corrected chi connectivity index (χ3v) is 3.99. The van der Waals surface area contributed by atoms with E-state index in [1.165, 1.54) is 0 Å². The molecule has 2 heterocycles. The molecule has 21 heavy (non-hydrogen) atoms. The van der Waals surface area contributed by atoms with Crippen LogP contribution in [0.5, 0.6) is 0 Å². The van der Waals surface area contributed by atoms with Crippen molar-refractivity contribution < 1.29 is 14.3 Å². The maximum absolute atomic E-state index is 12.2. The van der Waals surface area contributed by atoms with Gasteiger partial charge in [-0.05, 0) is 33.1 Å². The Morgan fingerprint density at radius 1 is 1.38 bits per heavy atom. The van der Waals surface area contributed by atoms with Gasteiger partial charge < -0.3 is 20.3 Å². The summed E-state index contributed by atoms with van der Waals surface area (Å²) >= 11 is 0. The van der Waals surface area contributed by atoms with Crippen LogP contribution in [0.3, 0.4) is 0 Å². The predicted molar refractivity (Wildman–Crippen MR) is 79.9 cm³/mol. The number of rotatable bonds is 2. The molecule has 3 atom stereocenters. The van der Waals surface area contributed by atoms with E-state index in [9.17, 15) is 9.59 Å². The summed E-state index contributed by atoms with van der Waals surface area (Å²) in [6, 6.07) is -0.0604. The number of hydrogen-bond acceptors (Lipinski definition) is 4. The SMILES string of the molecule is CC1CCN(C2CNCC2NC(=O)OC(C)(C)C)C(=O)C1. The van der Waals surface area contributed by atoms with Crippen molar-refractivity contribution in [2.75, 3.05) is 19.6 Å². The lowest BCUT2D eigenvalue weighted by atomic mass is 9.96. The van der Waals surface area contributed by atoms with Gasteiger partial charge in [0, 0.05) is 26.1 Å². The summed E-state index contributed by atoms with van der Waals surface area (Å²) in [6.45, 7) is 9.80. The first-order chi connectivity index (χ1) is 9.76. The molecule has 0 aromatic carbocycles. The lowest BCUT2D eigenvalue weighted by Crippen LogP contribution is -2.55. The van der Waals surface area contributed by atoms with Gasteiger partial charge in [0.25, 0.3) is 0 Å². The topological polar surface area (TPSA) is 70.7 Å². The highest BCUT2D eigenvalue weighted by atomic mass is 16.6. The molecule has 6 heteroatoms. The summed E-state index contributed by atoms with van der Waals surface area (Å²) in [5, 5.41) is 6.15. The minimum atomic E-state index is -0.512. The van der Waals surface area contributed by atoms with E-state index in [0.717, 1.165) is 19.5 Å². The van der Waals surface area contributed by atoms with Crippen LogP contribution in [0.15, 0.2) is 0 Å². The molecular formula is C15H27N3O3. The minimum Gasteiger partial charge on any atom is -0.444 e. The first kappa shape index (κ1) is 16.1. The lowest BCUT2D eigenvalue weighted by molar-refractivity contribution is -0.137. The molecule has 3 unspecified atom stereocenters. The van der Waals surface area contributed by atoms with E-state index in [-0.39, 0.29) is 18.0 Å². The van der Waals surface area contributed by atoms with Gasteiger partial charge in [0.1, 0.15) is 5.60 Å². The van der Waals surface area contributed by atoms with E-state index >= 15 is 0 Å². The molecule has 0 aromatic heterocycles. The van der Waals surface area contributed by atoms with E-state index in [0.29, 0.717) is 18.9 Å². The van der Waals surface area contributed by atoms with Crippen LogP contribution in [-0.4, -0.2) is 54.2 Å². The zero-order valence-corrected chi connectivity index (χ0v) is 13.4. The average molecular weight is 297 g/mol. The van der Waals surface area contributed by atoms with E-state index in [2.05, 4.69) is 17.6 Å². The molecule has 0 aromatic rings. The van der Waals surface area contributed by atoms with E-state index < -0.39 is 11.7 Å². The molecule has 2 amide bonds.